The number of carbonyl (C=O) groups is 2. The molecule has 0 N–H and O–H groups in total. The normalized spacial score (nSPS) is 20.0. The summed E-state index contributed by atoms with van der Waals surface area (Å²) >= 11 is 0. The van der Waals surface area contributed by atoms with Gasteiger partial charge in [-0.1, -0.05) is 44.2 Å². The van der Waals surface area contributed by atoms with Crippen LogP contribution >= 0.6 is 0 Å². The molecule has 3 heterocycles. The molecule has 2 atom stereocenters. The number of amides is 1. The topological polar surface area (TPSA) is 71.8 Å². The molecule has 2 aliphatic heterocycles. The summed E-state index contributed by atoms with van der Waals surface area (Å²) < 4.78 is 7.09. The molecule has 0 radical (unpaired) electrons. The number of Topliss-reactive ketones (excluding diaryl/α,β-unsaturated/α-hetero) is 1. The molecule has 1 saturated heterocycles. The van der Waals surface area contributed by atoms with E-state index in [-0.39, 0.29) is 47.3 Å². The van der Waals surface area contributed by atoms with Gasteiger partial charge in [-0.05, 0) is 32.4 Å². The summed E-state index contributed by atoms with van der Waals surface area (Å²) in [7, 11) is 3.37. The average Bonchev–Trinajstić information content (AvgIpc) is 2.82. The van der Waals surface area contributed by atoms with Crippen molar-refractivity contribution in [2.75, 3.05) is 20.7 Å². The highest BCUT2D eigenvalue weighted by Gasteiger charge is 2.42. The van der Waals surface area contributed by atoms with Gasteiger partial charge in [0.1, 0.15) is 6.17 Å². The average molecular weight is 440 g/mol. The third-order valence-electron chi connectivity index (χ3n) is 6.23. The third-order valence-corrected chi connectivity index (χ3v) is 6.23. The Balaban J connectivity index is 0.00000141. The molecule has 32 heavy (non-hydrogen) atoms. The molecular formula is C25H33N3O4. The van der Waals surface area contributed by atoms with Gasteiger partial charge < -0.3 is 14.2 Å². The van der Waals surface area contributed by atoms with Gasteiger partial charge in [0.05, 0.1) is 19.2 Å². The first kappa shape index (κ1) is 23.7. The van der Waals surface area contributed by atoms with E-state index in [2.05, 4.69) is 4.90 Å². The van der Waals surface area contributed by atoms with E-state index in [4.69, 9.17) is 4.74 Å². The van der Waals surface area contributed by atoms with Crippen molar-refractivity contribution in [1.29, 1.82) is 0 Å². The van der Waals surface area contributed by atoms with Crippen LogP contribution in [0, 0.1) is 0 Å². The summed E-state index contributed by atoms with van der Waals surface area (Å²) in [6, 6.07) is 9.78. The molecule has 1 amide bonds. The number of benzene rings is 1. The van der Waals surface area contributed by atoms with Gasteiger partial charge in [-0.25, -0.2) is 0 Å². The van der Waals surface area contributed by atoms with Crippen LogP contribution in [0.1, 0.15) is 60.0 Å². The highest BCUT2D eigenvalue weighted by Crippen LogP contribution is 2.30. The van der Waals surface area contributed by atoms with Crippen molar-refractivity contribution >= 4 is 11.7 Å². The fourth-order valence-electron chi connectivity index (χ4n) is 4.47. The zero-order valence-corrected chi connectivity index (χ0v) is 19.6. The predicted molar refractivity (Wildman–Crippen MR) is 124 cm³/mol. The number of ketones is 1. The standard InChI is InChI=1S/C23H27N3O4.C2H6/c1-15-11-12-24(2)19-14-25-13-17(18(27)10-9-16-7-5-4-6-8-16)21(28)22(30-3)20(25)23(29)26(15)19;1-2/h4-8,13,15,19H,9-12,14H2,1-3H3;1-2H3/t15?,19-;/m0./s1. The van der Waals surface area contributed by atoms with Crippen LogP contribution in [0.3, 0.4) is 0 Å². The van der Waals surface area contributed by atoms with Gasteiger partial charge in [0.25, 0.3) is 5.91 Å². The minimum atomic E-state index is -0.508. The van der Waals surface area contributed by atoms with E-state index in [1.54, 1.807) is 10.8 Å². The van der Waals surface area contributed by atoms with Crippen molar-refractivity contribution in [1.82, 2.24) is 14.4 Å². The molecule has 1 aromatic heterocycles. The van der Waals surface area contributed by atoms with Crippen LogP contribution in [-0.4, -0.2) is 59.0 Å². The molecule has 0 aliphatic carbocycles. The van der Waals surface area contributed by atoms with Gasteiger partial charge in [-0.2, -0.15) is 0 Å². The third kappa shape index (κ3) is 4.35. The molecule has 7 heteroatoms. The number of pyridine rings is 1. The van der Waals surface area contributed by atoms with E-state index < -0.39 is 5.43 Å². The van der Waals surface area contributed by atoms with E-state index in [1.807, 2.05) is 63.1 Å². The summed E-state index contributed by atoms with van der Waals surface area (Å²) in [5.41, 5.74) is 0.853. The Bertz CT molecular complexity index is 1030. The van der Waals surface area contributed by atoms with Crippen LogP contribution in [-0.2, 0) is 13.0 Å². The second-order valence-corrected chi connectivity index (χ2v) is 8.13. The zero-order chi connectivity index (χ0) is 23.4. The smallest absolute Gasteiger partial charge is 0.276 e. The molecule has 2 aliphatic rings. The van der Waals surface area contributed by atoms with Crippen molar-refractivity contribution in [2.45, 2.75) is 58.8 Å². The quantitative estimate of drug-likeness (QED) is 0.669. The van der Waals surface area contributed by atoms with E-state index in [9.17, 15) is 14.4 Å². The number of likely N-dealkylation sites (N-methyl/N-ethyl adjacent to an activating group) is 1. The van der Waals surface area contributed by atoms with Gasteiger partial charge in [-0.15, -0.1) is 0 Å². The number of hydrogen-bond acceptors (Lipinski definition) is 5. The maximum absolute atomic E-state index is 13.3. The Labute approximate surface area is 189 Å². The molecule has 2 aromatic rings. The van der Waals surface area contributed by atoms with Gasteiger partial charge in [0, 0.05) is 25.2 Å². The van der Waals surface area contributed by atoms with Crippen LogP contribution in [0.5, 0.6) is 5.75 Å². The molecule has 0 saturated carbocycles. The number of aryl methyl sites for hydroxylation is 1. The summed E-state index contributed by atoms with van der Waals surface area (Å²) in [4.78, 5) is 43.2. The van der Waals surface area contributed by atoms with Gasteiger partial charge in [-0.3, -0.25) is 19.3 Å². The lowest BCUT2D eigenvalue weighted by Crippen LogP contribution is -2.62. The SMILES string of the molecule is CC.COc1c2n(cc(C(=O)CCc3ccccc3)c1=O)C[C@H]1N(C)CCC(C)N1C2=O. The molecule has 1 aromatic carbocycles. The van der Waals surface area contributed by atoms with Crippen molar-refractivity contribution in [2.24, 2.45) is 0 Å². The number of carbonyl (C=O) groups excluding carboxylic acids is 2. The van der Waals surface area contributed by atoms with Crippen LogP contribution in [0.2, 0.25) is 0 Å². The number of nitrogens with zero attached hydrogens (tertiary/aromatic N) is 3. The van der Waals surface area contributed by atoms with E-state index >= 15 is 0 Å². The monoisotopic (exact) mass is 439 g/mol. The first-order chi connectivity index (χ1) is 15.4. The Morgan fingerprint density at radius 3 is 2.50 bits per heavy atom. The Hall–Kier alpha value is -2.93. The number of rotatable bonds is 5. The maximum atomic E-state index is 13.3. The Morgan fingerprint density at radius 2 is 1.84 bits per heavy atom. The van der Waals surface area contributed by atoms with Gasteiger partial charge >= 0.3 is 0 Å². The van der Waals surface area contributed by atoms with Gasteiger partial charge in [0.2, 0.25) is 5.43 Å². The molecular weight excluding hydrogens is 406 g/mol. The number of fused-ring (bicyclic) bond motifs is 2. The first-order valence-electron chi connectivity index (χ1n) is 11.3. The zero-order valence-electron chi connectivity index (χ0n) is 19.6. The first-order valence-corrected chi connectivity index (χ1v) is 11.3. The minimum absolute atomic E-state index is 0.0376. The van der Waals surface area contributed by atoms with Crippen molar-refractivity contribution in [3.05, 3.63) is 63.6 Å². The predicted octanol–water partition coefficient (Wildman–Crippen LogP) is 3.20. The molecule has 4 rings (SSSR count). The molecule has 1 fully saturated rings. The van der Waals surface area contributed by atoms with E-state index in [0.29, 0.717) is 13.0 Å². The fraction of sp³-hybridized carbons (Fsp3) is 0.480. The van der Waals surface area contributed by atoms with Crippen molar-refractivity contribution in [3.8, 4) is 5.75 Å². The highest BCUT2D eigenvalue weighted by atomic mass is 16.5. The Kier molecular flexibility index (Phi) is 7.51. The van der Waals surface area contributed by atoms with E-state index in [1.165, 1.54) is 7.11 Å². The van der Waals surface area contributed by atoms with Gasteiger partial charge in [0.15, 0.2) is 17.2 Å². The van der Waals surface area contributed by atoms with Crippen molar-refractivity contribution < 1.29 is 14.3 Å². The molecule has 0 spiro atoms. The number of methoxy groups -OCH3 is 1. The molecule has 0 bridgehead atoms. The number of aromatic nitrogens is 1. The van der Waals surface area contributed by atoms with Crippen LogP contribution in [0.15, 0.2) is 41.3 Å². The molecule has 172 valence electrons. The molecule has 1 unspecified atom stereocenters. The maximum Gasteiger partial charge on any atom is 0.276 e. The summed E-state index contributed by atoms with van der Waals surface area (Å²) in [6.45, 7) is 7.42. The van der Waals surface area contributed by atoms with E-state index in [0.717, 1.165) is 18.5 Å². The second-order valence-electron chi connectivity index (χ2n) is 8.13. The lowest BCUT2D eigenvalue weighted by molar-refractivity contribution is -0.0209. The lowest BCUT2D eigenvalue weighted by atomic mass is 10.0. The minimum Gasteiger partial charge on any atom is -0.491 e. The summed E-state index contributed by atoms with van der Waals surface area (Å²) in [5.74, 6) is -0.496. The Morgan fingerprint density at radius 1 is 1.16 bits per heavy atom. The molecule has 7 nitrogen and oxygen atoms in total. The number of ether oxygens (including phenoxy) is 1. The lowest BCUT2D eigenvalue weighted by Gasteiger charge is -2.49. The largest absolute Gasteiger partial charge is 0.491 e. The van der Waals surface area contributed by atoms with Crippen molar-refractivity contribution in [3.63, 3.8) is 0 Å². The van der Waals surface area contributed by atoms with Crippen LogP contribution < -0.4 is 10.2 Å². The summed E-state index contributed by atoms with van der Waals surface area (Å²) in [5, 5.41) is 0. The summed E-state index contributed by atoms with van der Waals surface area (Å²) in [6.07, 6.45) is 3.10. The second kappa shape index (κ2) is 10.1. The van der Waals surface area contributed by atoms with Crippen LogP contribution in [0.4, 0.5) is 0 Å². The van der Waals surface area contributed by atoms with Crippen LogP contribution in [0.25, 0.3) is 0 Å². The highest BCUT2D eigenvalue weighted by molar-refractivity contribution is 6.00. The number of hydrogen-bond donors (Lipinski definition) is 0. The fourth-order valence-corrected chi connectivity index (χ4v) is 4.47.